The number of nitrogens with zero attached hydrogens (tertiary/aromatic N) is 3. The second-order valence-electron chi connectivity index (χ2n) is 10.4. The summed E-state index contributed by atoms with van der Waals surface area (Å²) in [5, 5.41) is 3.51. The molecule has 3 aromatic carbocycles. The van der Waals surface area contributed by atoms with Crippen LogP contribution in [-0.2, 0) is 13.1 Å². The molecule has 0 spiro atoms. The minimum Gasteiger partial charge on any atom is -0.345 e. The molecule has 188 valence electrons. The summed E-state index contributed by atoms with van der Waals surface area (Å²) in [5.74, 6) is 0.0508. The molecule has 0 aliphatic carbocycles. The normalized spacial score (nSPS) is 19.1. The van der Waals surface area contributed by atoms with Gasteiger partial charge in [-0.3, -0.25) is 19.5 Å². The van der Waals surface area contributed by atoms with Crippen molar-refractivity contribution in [3.05, 3.63) is 108 Å². The third-order valence-corrected chi connectivity index (χ3v) is 7.72. The van der Waals surface area contributed by atoms with Crippen LogP contribution in [0.25, 0.3) is 0 Å². The minimum absolute atomic E-state index is 0.0508. The van der Waals surface area contributed by atoms with Crippen molar-refractivity contribution in [2.75, 3.05) is 45.8 Å². The average Bonchev–Trinajstić information content (AvgIpc) is 2.93. The molecular formula is C31H38N4O. The van der Waals surface area contributed by atoms with Gasteiger partial charge in [-0.1, -0.05) is 78.9 Å². The molecule has 0 saturated carbocycles. The van der Waals surface area contributed by atoms with Crippen LogP contribution >= 0.6 is 0 Å². The minimum atomic E-state index is -0.193. The largest absolute Gasteiger partial charge is 0.345 e. The topological polar surface area (TPSA) is 38.8 Å². The van der Waals surface area contributed by atoms with Gasteiger partial charge in [-0.25, -0.2) is 0 Å². The Morgan fingerprint density at radius 3 is 1.58 bits per heavy atom. The number of likely N-dealkylation sites (tertiary alicyclic amines) is 1. The van der Waals surface area contributed by atoms with E-state index < -0.39 is 0 Å². The van der Waals surface area contributed by atoms with Crippen molar-refractivity contribution in [2.24, 2.45) is 0 Å². The predicted molar refractivity (Wildman–Crippen MR) is 146 cm³/mol. The molecule has 0 aromatic heterocycles. The summed E-state index contributed by atoms with van der Waals surface area (Å²) in [6.07, 6.45) is 1.95. The number of amides is 1. The molecule has 2 heterocycles. The maximum atomic E-state index is 13.2. The Hall–Kier alpha value is -2.99. The van der Waals surface area contributed by atoms with Crippen molar-refractivity contribution in [3.8, 4) is 0 Å². The van der Waals surface area contributed by atoms with Crippen LogP contribution in [0.3, 0.4) is 0 Å². The van der Waals surface area contributed by atoms with E-state index in [9.17, 15) is 4.79 Å². The SMILES string of the molecule is O=C(NC1(CN2CCN(Cc3ccccc3)CC2)CCN(Cc2ccccc2)CC1)c1ccccc1. The fourth-order valence-electron chi connectivity index (χ4n) is 5.58. The van der Waals surface area contributed by atoms with Crippen LogP contribution in [0.15, 0.2) is 91.0 Å². The fourth-order valence-corrected chi connectivity index (χ4v) is 5.58. The number of hydrogen-bond donors (Lipinski definition) is 1. The number of carbonyl (C=O) groups is 1. The third-order valence-electron chi connectivity index (χ3n) is 7.72. The Morgan fingerprint density at radius 1 is 0.611 bits per heavy atom. The molecule has 5 heteroatoms. The van der Waals surface area contributed by atoms with E-state index in [1.54, 1.807) is 0 Å². The number of piperidine rings is 1. The highest BCUT2D eigenvalue weighted by Crippen LogP contribution is 2.26. The Balaban J connectivity index is 1.21. The first-order valence-electron chi connectivity index (χ1n) is 13.3. The number of nitrogens with one attached hydrogen (secondary N) is 1. The van der Waals surface area contributed by atoms with Gasteiger partial charge in [0.05, 0.1) is 5.54 Å². The fraction of sp³-hybridized carbons (Fsp3) is 0.387. The summed E-state index contributed by atoms with van der Waals surface area (Å²) in [6.45, 7) is 9.13. The summed E-state index contributed by atoms with van der Waals surface area (Å²) in [6, 6.07) is 31.1. The summed E-state index contributed by atoms with van der Waals surface area (Å²) >= 11 is 0. The van der Waals surface area contributed by atoms with Gasteiger partial charge in [0.1, 0.15) is 0 Å². The molecule has 3 aromatic rings. The van der Waals surface area contributed by atoms with Gasteiger partial charge >= 0.3 is 0 Å². The zero-order valence-corrected chi connectivity index (χ0v) is 21.2. The lowest BCUT2D eigenvalue weighted by atomic mass is 9.85. The van der Waals surface area contributed by atoms with Crippen molar-refractivity contribution in [1.29, 1.82) is 0 Å². The molecule has 1 amide bonds. The van der Waals surface area contributed by atoms with Gasteiger partial charge in [0, 0.05) is 64.5 Å². The quantitative estimate of drug-likeness (QED) is 0.521. The standard InChI is InChI=1S/C31H38N4O/c36-30(29-14-8-3-9-15-29)32-31(16-18-33(19-17-31)24-27-10-4-1-5-11-27)26-35-22-20-34(21-23-35)25-28-12-6-2-7-13-28/h1-15H,16-26H2,(H,32,36). The number of carbonyl (C=O) groups excluding carboxylic acids is 1. The smallest absolute Gasteiger partial charge is 0.251 e. The zero-order chi connectivity index (χ0) is 24.6. The van der Waals surface area contributed by atoms with E-state index in [4.69, 9.17) is 0 Å². The van der Waals surface area contributed by atoms with Crippen molar-refractivity contribution in [3.63, 3.8) is 0 Å². The summed E-state index contributed by atoms with van der Waals surface area (Å²) in [5.41, 5.74) is 3.29. The van der Waals surface area contributed by atoms with E-state index in [0.29, 0.717) is 0 Å². The van der Waals surface area contributed by atoms with E-state index in [2.05, 4.69) is 80.7 Å². The molecule has 5 nitrogen and oxygen atoms in total. The number of rotatable bonds is 8. The van der Waals surface area contributed by atoms with Crippen molar-refractivity contribution in [2.45, 2.75) is 31.5 Å². The molecule has 0 unspecified atom stereocenters. The molecule has 2 fully saturated rings. The van der Waals surface area contributed by atoms with Gasteiger partial charge < -0.3 is 5.32 Å². The second kappa shape index (κ2) is 11.8. The lowest BCUT2D eigenvalue weighted by Crippen LogP contribution is -2.62. The molecule has 2 aliphatic rings. The van der Waals surface area contributed by atoms with Gasteiger partial charge in [0.2, 0.25) is 0 Å². The van der Waals surface area contributed by atoms with Crippen LogP contribution in [0.5, 0.6) is 0 Å². The van der Waals surface area contributed by atoms with Crippen LogP contribution in [0, 0.1) is 0 Å². The van der Waals surface area contributed by atoms with Crippen LogP contribution in [0.2, 0.25) is 0 Å². The van der Waals surface area contributed by atoms with E-state index in [1.807, 2.05) is 30.3 Å². The molecule has 0 bridgehead atoms. The molecule has 1 N–H and O–H groups in total. The second-order valence-corrected chi connectivity index (χ2v) is 10.4. The van der Waals surface area contributed by atoms with E-state index in [1.165, 1.54) is 11.1 Å². The molecular weight excluding hydrogens is 444 g/mol. The molecule has 5 rings (SSSR count). The van der Waals surface area contributed by atoms with E-state index in [-0.39, 0.29) is 11.4 Å². The number of hydrogen-bond acceptors (Lipinski definition) is 4. The maximum absolute atomic E-state index is 13.2. The average molecular weight is 483 g/mol. The lowest BCUT2D eigenvalue weighted by molar-refractivity contribution is 0.0528. The van der Waals surface area contributed by atoms with Crippen molar-refractivity contribution in [1.82, 2.24) is 20.0 Å². The zero-order valence-electron chi connectivity index (χ0n) is 21.2. The molecule has 0 atom stereocenters. The Bertz CT molecular complexity index is 1070. The highest BCUT2D eigenvalue weighted by molar-refractivity contribution is 5.94. The third kappa shape index (κ3) is 6.61. The van der Waals surface area contributed by atoms with Crippen LogP contribution < -0.4 is 5.32 Å². The van der Waals surface area contributed by atoms with Gasteiger partial charge in [-0.2, -0.15) is 0 Å². The van der Waals surface area contributed by atoms with Crippen LogP contribution in [-0.4, -0.2) is 72.0 Å². The lowest BCUT2D eigenvalue weighted by Gasteiger charge is -2.46. The number of piperazine rings is 1. The van der Waals surface area contributed by atoms with Gasteiger partial charge in [0.15, 0.2) is 0 Å². The summed E-state index contributed by atoms with van der Waals surface area (Å²) in [7, 11) is 0. The Labute approximate surface area is 215 Å². The summed E-state index contributed by atoms with van der Waals surface area (Å²) < 4.78 is 0. The highest BCUT2D eigenvalue weighted by atomic mass is 16.1. The van der Waals surface area contributed by atoms with Gasteiger partial charge in [-0.15, -0.1) is 0 Å². The van der Waals surface area contributed by atoms with Crippen LogP contribution in [0.4, 0.5) is 0 Å². The maximum Gasteiger partial charge on any atom is 0.251 e. The monoisotopic (exact) mass is 482 g/mol. The highest BCUT2D eigenvalue weighted by Gasteiger charge is 2.38. The summed E-state index contributed by atoms with van der Waals surface area (Å²) in [4.78, 5) is 20.9. The van der Waals surface area contributed by atoms with Crippen molar-refractivity contribution >= 4 is 5.91 Å². The first kappa shape index (κ1) is 24.7. The van der Waals surface area contributed by atoms with E-state index >= 15 is 0 Å². The predicted octanol–water partition coefficient (Wildman–Crippen LogP) is 4.27. The van der Waals surface area contributed by atoms with Crippen molar-refractivity contribution < 1.29 is 4.79 Å². The molecule has 0 radical (unpaired) electrons. The molecule has 2 aliphatic heterocycles. The Morgan fingerprint density at radius 2 is 1.06 bits per heavy atom. The van der Waals surface area contributed by atoms with E-state index in [0.717, 1.165) is 77.3 Å². The van der Waals surface area contributed by atoms with Crippen LogP contribution in [0.1, 0.15) is 34.3 Å². The first-order chi connectivity index (χ1) is 17.7. The number of benzene rings is 3. The first-order valence-corrected chi connectivity index (χ1v) is 13.3. The molecule has 36 heavy (non-hydrogen) atoms. The van der Waals surface area contributed by atoms with Gasteiger partial charge in [0.25, 0.3) is 5.91 Å². The van der Waals surface area contributed by atoms with Gasteiger partial charge in [-0.05, 0) is 36.1 Å². The Kier molecular flexibility index (Phi) is 8.11. The molecule has 2 saturated heterocycles.